The summed E-state index contributed by atoms with van der Waals surface area (Å²) in [4.78, 5) is 0. The molecule has 0 spiro atoms. The summed E-state index contributed by atoms with van der Waals surface area (Å²) in [6.07, 6.45) is 0. The number of hydrazine groups is 1. The van der Waals surface area contributed by atoms with E-state index in [2.05, 4.69) is 21.4 Å². The Labute approximate surface area is 97.3 Å². The number of nitrogens with one attached hydrogen (secondary N) is 1. The monoisotopic (exact) mass is 272 g/mol. The number of nitrogens with zero attached hydrogens (tertiary/aromatic N) is 1. The van der Waals surface area contributed by atoms with E-state index in [9.17, 15) is 0 Å². The second-order valence-corrected chi connectivity index (χ2v) is 4.40. The van der Waals surface area contributed by atoms with Gasteiger partial charge in [-0.25, -0.2) is 0 Å². The van der Waals surface area contributed by atoms with Gasteiger partial charge in [-0.3, -0.25) is 10.4 Å². The molecular formula is C10H13BrN2O2. The topological polar surface area (TPSA) is 33.7 Å². The van der Waals surface area contributed by atoms with Crippen LogP contribution in [0.5, 0.6) is 11.5 Å². The van der Waals surface area contributed by atoms with Crippen LogP contribution in [0.4, 0.5) is 0 Å². The number of rotatable bonds is 3. The third-order valence-corrected chi connectivity index (χ3v) is 2.68. The van der Waals surface area contributed by atoms with Crippen LogP contribution in [0.1, 0.15) is 5.56 Å². The third-order valence-electron chi connectivity index (χ3n) is 2.09. The molecule has 0 saturated carbocycles. The van der Waals surface area contributed by atoms with Gasteiger partial charge in [-0.05, 0) is 33.6 Å². The van der Waals surface area contributed by atoms with Crippen LogP contribution in [0, 0.1) is 0 Å². The van der Waals surface area contributed by atoms with Crippen molar-refractivity contribution in [2.75, 3.05) is 20.9 Å². The molecule has 82 valence electrons. The second kappa shape index (κ2) is 4.38. The Morgan fingerprint density at radius 3 is 2.93 bits per heavy atom. The minimum atomic E-state index is 0.304. The molecule has 15 heavy (non-hydrogen) atoms. The largest absolute Gasteiger partial charge is 0.454 e. The fourth-order valence-corrected chi connectivity index (χ4v) is 1.98. The minimum Gasteiger partial charge on any atom is -0.454 e. The van der Waals surface area contributed by atoms with E-state index < -0.39 is 0 Å². The van der Waals surface area contributed by atoms with Crippen molar-refractivity contribution in [3.05, 3.63) is 22.2 Å². The maximum Gasteiger partial charge on any atom is 0.231 e. The van der Waals surface area contributed by atoms with Crippen molar-refractivity contribution in [1.29, 1.82) is 0 Å². The van der Waals surface area contributed by atoms with Crippen LogP contribution >= 0.6 is 15.9 Å². The van der Waals surface area contributed by atoms with E-state index in [1.807, 2.05) is 31.2 Å². The smallest absolute Gasteiger partial charge is 0.231 e. The van der Waals surface area contributed by atoms with E-state index in [0.29, 0.717) is 6.79 Å². The second-order valence-electron chi connectivity index (χ2n) is 3.54. The summed E-state index contributed by atoms with van der Waals surface area (Å²) < 4.78 is 11.6. The van der Waals surface area contributed by atoms with Crippen LogP contribution in [0.3, 0.4) is 0 Å². The van der Waals surface area contributed by atoms with E-state index >= 15 is 0 Å². The lowest BCUT2D eigenvalue weighted by Crippen LogP contribution is -2.29. The summed E-state index contributed by atoms with van der Waals surface area (Å²) in [5, 5.41) is 1.92. The number of hydrogen-bond donors (Lipinski definition) is 1. The molecule has 4 nitrogen and oxygen atoms in total. The Morgan fingerprint density at radius 2 is 2.20 bits per heavy atom. The number of fused-ring (bicyclic) bond motifs is 1. The van der Waals surface area contributed by atoms with Crippen molar-refractivity contribution < 1.29 is 9.47 Å². The average Bonchev–Trinajstić information content (AvgIpc) is 2.63. The molecule has 0 saturated heterocycles. The van der Waals surface area contributed by atoms with Gasteiger partial charge in [0, 0.05) is 20.6 Å². The molecule has 2 rings (SSSR count). The lowest BCUT2D eigenvalue weighted by Gasteiger charge is -2.12. The molecule has 0 atom stereocenters. The molecule has 5 heteroatoms. The Kier molecular flexibility index (Phi) is 3.14. The van der Waals surface area contributed by atoms with Crippen LogP contribution in [-0.4, -0.2) is 25.9 Å². The first kappa shape index (κ1) is 10.7. The van der Waals surface area contributed by atoms with Crippen molar-refractivity contribution in [2.45, 2.75) is 6.54 Å². The highest BCUT2D eigenvalue weighted by Crippen LogP contribution is 2.39. The lowest BCUT2D eigenvalue weighted by atomic mass is 10.2. The van der Waals surface area contributed by atoms with Gasteiger partial charge in [0.05, 0.1) is 4.47 Å². The van der Waals surface area contributed by atoms with Gasteiger partial charge in [0.15, 0.2) is 11.5 Å². The molecule has 1 aromatic rings. The third kappa shape index (κ3) is 2.42. The minimum absolute atomic E-state index is 0.304. The lowest BCUT2D eigenvalue weighted by molar-refractivity contribution is 0.173. The molecule has 0 amide bonds. The molecule has 0 unspecified atom stereocenters. The van der Waals surface area contributed by atoms with Gasteiger partial charge in [0.1, 0.15) is 0 Å². The highest BCUT2D eigenvalue weighted by molar-refractivity contribution is 9.10. The summed E-state index contributed by atoms with van der Waals surface area (Å²) in [5.41, 5.74) is 4.35. The van der Waals surface area contributed by atoms with Gasteiger partial charge in [-0.2, -0.15) is 0 Å². The average molecular weight is 273 g/mol. The molecule has 0 fully saturated rings. The Balaban J connectivity index is 2.16. The van der Waals surface area contributed by atoms with Crippen LogP contribution in [0.25, 0.3) is 0 Å². The fourth-order valence-electron chi connectivity index (χ4n) is 1.37. The molecule has 0 aliphatic carbocycles. The first-order valence-electron chi connectivity index (χ1n) is 4.65. The molecule has 0 bridgehead atoms. The van der Waals surface area contributed by atoms with Gasteiger partial charge >= 0.3 is 0 Å². The fraction of sp³-hybridized carbons (Fsp3) is 0.400. The number of hydrogen-bond acceptors (Lipinski definition) is 4. The van der Waals surface area contributed by atoms with Crippen molar-refractivity contribution >= 4 is 15.9 Å². The van der Waals surface area contributed by atoms with Crippen molar-refractivity contribution in [1.82, 2.24) is 10.4 Å². The van der Waals surface area contributed by atoms with Crippen LogP contribution in [-0.2, 0) is 6.54 Å². The molecular weight excluding hydrogens is 260 g/mol. The van der Waals surface area contributed by atoms with Crippen LogP contribution in [0.15, 0.2) is 16.6 Å². The van der Waals surface area contributed by atoms with Crippen molar-refractivity contribution in [3.8, 4) is 11.5 Å². The van der Waals surface area contributed by atoms with Gasteiger partial charge < -0.3 is 9.47 Å². The predicted octanol–water partition coefficient (Wildman–Crippen LogP) is 1.74. The summed E-state index contributed by atoms with van der Waals surface area (Å²) in [7, 11) is 3.92. The van der Waals surface area contributed by atoms with E-state index in [-0.39, 0.29) is 0 Å². The van der Waals surface area contributed by atoms with Gasteiger partial charge in [-0.15, -0.1) is 0 Å². The van der Waals surface area contributed by atoms with Gasteiger partial charge in [0.25, 0.3) is 0 Å². The first-order valence-corrected chi connectivity index (χ1v) is 5.45. The van der Waals surface area contributed by atoms with Gasteiger partial charge in [-0.1, -0.05) is 0 Å². The molecule has 0 radical (unpaired) electrons. The molecule has 1 heterocycles. The van der Waals surface area contributed by atoms with Crippen molar-refractivity contribution in [3.63, 3.8) is 0 Å². The van der Waals surface area contributed by atoms with Crippen LogP contribution in [0.2, 0.25) is 0 Å². The highest BCUT2D eigenvalue weighted by Gasteiger charge is 2.17. The Morgan fingerprint density at radius 1 is 1.40 bits per heavy atom. The van der Waals surface area contributed by atoms with Gasteiger partial charge in [0.2, 0.25) is 6.79 Å². The highest BCUT2D eigenvalue weighted by atomic mass is 79.9. The maximum absolute atomic E-state index is 5.33. The predicted molar refractivity (Wildman–Crippen MR) is 60.8 cm³/mol. The van der Waals surface area contributed by atoms with E-state index in [4.69, 9.17) is 9.47 Å². The summed E-state index contributed by atoms with van der Waals surface area (Å²) in [5.74, 6) is 1.60. The number of halogens is 1. The van der Waals surface area contributed by atoms with E-state index in [0.717, 1.165) is 28.1 Å². The molecule has 1 aliphatic heterocycles. The first-order chi connectivity index (χ1) is 7.16. The zero-order chi connectivity index (χ0) is 10.8. The molecule has 1 aromatic carbocycles. The van der Waals surface area contributed by atoms with E-state index in [1.165, 1.54) is 0 Å². The normalized spacial score (nSPS) is 13.6. The zero-order valence-electron chi connectivity index (χ0n) is 8.71. The molecule has 0 aromatic heterocycles. The summed E-state index contributed by atoms with van der Waals surface area (Å²) in [6, 6.07) is 4.02. The quantitative estimate of drug-likeness (QED) is 0.851. The standard InChI is InChI=1S/C10H13BrN2O2/c1-13(2)12-5-7-3-8(11)10-9(4-7)14-6-15-10/h3-4,12H,5-6H2,1-2H3. The Bertz CT molecular complexity index is 369. The van der Waals surface area contributed by atoms with E-state index in [1.54, 1.807) is 0 Å². The molecule has 1 N–H and O–H groups in total. The van der Waals surface area contributed by atoms with Crippen molar-refractivity contribution in [2.24, 2.45) is 0 Å². The molecule has 1 aliphatic rings. The Hall–Kier alpha value is -0.780. The maximum atomic E-state index is 5.33. The zero-order valence-corrected chi connectivity index (χ0v) is 10.3. The summed E-state index contributed by atoms with van der Waals surface area (Å²) >= 11 is 3.46. The SMILES string of the molecule is CN(C)NCc1cc(Br)c2c(c1)OCO2. The number of benzene rings is 1. The number of ether oxygens (including phenoxy) is 2. The summed E-state index contributed by atoms with van der Waals surface area (Å²) in [6.45, 7) is 1.07. The van der Waals surface area contributed by atoms with Crippen LogP contribution < -0.4 is 14.9 Å².